The van der Waals surface area contributed by atoms with Crippen molar-refractivity contribution in [1.29, 1.82) is 0 Å². The summed E-state index contributed by atoms with van der Waals surface area (Å²) in [5.41, 5.74) is 5.71. The number of benzene rings is 1. The maximum absolute atomic E-state index is 2.47. The fourth-order valence-electron chi connectivity index (χ4n) is 3.40. The Morgan fingerprint density at radius 1 is 1.12 bits per heavy atom. The van der Waals surface area contributed by atoms with Crippen LogP contribution in [-0.4, -0.2) is 22.5 Å². The minimum atomic E-state index is 1.01. The van der Waals surface area contributed by atoms with Gasteiger partial charge in [0.2, 0.25) is 0 Å². The highest BCUT2D eigenvalue weighted by molar-refractivity contribution is 8.02. The molecular weight excluding hydrogens is 324 g/mol. The third-order valence-electron chi connectivity index (χ3n) is 4.61. The van der Waals surface area contributed by atoms with Gasteiger partial charge in [-0.3, -0.25) is 3.97 Å². The maximum Gasteiger partial charge on any atom is 0.0601 e. The number of rotatable bonds is 2. The van der Waals surface area contributed by atoms with Gasteiger partial charge in [-0.25, -0.2) is 0 Å². The molecule has 2 aromatic rings. The molecule has 0 atom stereocenters. The third-order valence-corrected chi connectivity index (χ3v) is 5.72. The molecule has 2 nitrogen and oxygen atoms in total. The summed E-state index contributed by atoms with van der Waals surface area (Å²) in [6, 6.07) is 6.87. The molecule has 3 heteroatoms. The van der Waals surface area contributed by atoms with Gasteiger partial charge < -0.3 is 4.90 Å². The smallest absolute Gasteiger partial charge is 0.0601 e. The van der Waals surface area contributed by atoms with Gasteiger partial charge in [0.15, 0.2) is 0 Å². The van der Waals surface area contributed by atoms with E-state index < -0.39 is 0 Å². The molecule has 1 aliphatic heterocycles. The van der Waals surface area contributed by atoms with Crippen LogP contribution in [0, 0.1) is 6.92 Å². The van der Waals surface area contributed by atoms with Crippen molar-refractivity contribution in [2.24, 2.45) is 0 Å². The van der Waals surface area contributed by atoms with Gasteiger partial charge in [0, 0.05) is 35.5 Å². The highest BCUT2D eigenvalue weighted by Crippen LogP contribution is 2.37. The number of hydrogen-bond donors (Lipinski definition) is 0. The Hall–Kier alpha value is -1.71. The van der Waals surface area contributed by atoms with Crippen LogP contribution in [-0.2, 0) is 13.0 Å². The molecule has 0 radical (unpaired) electrons. The molecule has 0 fully saturated rings. The average Bonchev–Trinajstić information content (AvgIpc) is 2.79. The molecule has 1 aliphatic carbocycles. The van der Waals surface area contributed by atoms with Crippen molar-refractivity contribution in [3.8, 4) is 0 Å². The second-order valence-corrected chi connectivity index (χ2v) is 7.47. The predicted octanol–water partition coefficient (Wildman–Crippen LogP) is 5.86. The second kappa shape index (κ2) is 8.11. The fourth-order valence-corrected chi connectivity index (χ4v) is 4.49. The van der Waals surface area contributed by atoms with E-state index in [4.69, 9.17) is 0 Å². The van der Waals surface area contributed by atoms with E-state index in [1.165, 1.54) is 32.6 Å². The van der Waals surface area contributed by atoms with Crippen molar-refractivity contribution in [2.75, 3.05) is 13.6 Å². The van der Waals surface area contributed by atoms with Crippen LogP contribution < -0.4 is 0 Å². The van der Waals surface area contributed by atoms with E-state index in [0.717, 1.165) is 25.9 Å². The van der Waals surface area contributed by atoms with E-state index in [9.17, 15) is 0 Å². The zero-order valence-corrected chi connectivity index (χ0v) is 16.6. The van der Waals surface area contributed by atoms with Gasteiger partial charge in [-0.1, -0.05) is 49.8 Å². The first-order chi connectivity index (χ1) is 12.2. The lowest BCUT2D eigenvalue weighted by molar-refractivity contribution is 0.312. The van der Waals surface area contributed by atoms with Crippen LogP contribution in [0.4, 0.5) is 0 Å². The van der Waals surface area contributed by atoms with Crippen molar-refractivity contribution < 1.29 is 0 Å². The number of likely N-dealkylation sites (N-methyl/N-ethyl adjacent to an activating group) is 1. The molecule has 2 aliphatic rings. The lowest BCUT2D eigenvalue weighted by Crippen LogP contribution is -2.26. The van der Waals surface area contributed by atoms with Crippen molar-refractivity contribution in [2.45, 2.75) is 40.2 Å². The van der Waals surface area contributed by atoms with Crippen LogP contribution in [0.1, 0.15) is 37.1 Å². The van der Waals surface area contributed by atoms with E-state index in [1.54, 1.807) is 0 Å². The quantitative estimate of drug-likeness (QED) is 0.669. The Balaban J connectivity index is 0.000000880. The van der Waals surface area contributed by atoms with E-state index in [0.29, 0.717) is 0 Å². The van der Waals surface area contributed by atoms with Gasteiger partial charge in [0.25, 0.3) is 0 Å². The third kappa shape index (κ3) is 3.78. The van der Waals surface area contributed by atoms with E-state index >= 15 is 0 Å². The molecule has 0 unspecified atom stereocenters. The molecule has 1 aromatic carbocycles. The first-order valence-corrected chi connectivity index (χ1v) is 10.0. The SMILES string of the molecule is CC.Cc1ccc2c(c1)c1c(n2SC2=CCC=CC=C2)CCN(C)C1. The second-order valence-electron chi connectivity index (χ2n) is 6.45. The van der Waals surface area contributed by atoms with Crippen LogP contribution >= 0.6 is 11.9 Å². The molecule has 0 saturated carbocycles. The molecular formula is C22H28N2S. The average molecular weight is 353 g/mol. The normalized spacial score (nSPS) is 16.9. The summed E-state index contributed by atoms with van der Waals surface area (Å²) in [5.74, 6) is 0. The zero-order valence-electron chi connectivity index (χ0n) is 15.7. The van der Waals surface area contributed by atoms with Gasteiger partial charge >= 0.3 is 0 Å². The number of aromatic nitrogens is 1. The van der Waals surface area contributed by atoms with Crippen LogP contribution in [0.25, 0.3) is 10.9 Å². The largest absolute Gasteiger partial charge is 0.302 e. The summed E-state index contributed by atoms with van der Waals surface area (Å²) in [7, 11) is 2.22. The van der Waals surface area contributed by atoms with Gasteiger partial charge in [-0.05, 0) is 56.1 Å². The van der Waals surface area contributed by atoms with Crippen LogP contribution in [0.2, 0.25) is 0 Å². The van der Waals surface area contributed by atoms with Crippen LogP contribution in [0.15, 0.2) is 53.5 Å². The Morgan fingerprint density at radius 2 is 1.96 bits per heavy atom. The number of nitrogens with zero attached hydrogens (tertiary/aromatic N) is 2. The van der Waals surface area contributed by atoms with E-state index in [2.05, 4.69) is 71.4 Å². The Morgan fingerprint density at radius 3 is 2.80 bits per heavy atom. The van der Waals surface area contributed by atoms with Gasteiger partial charge in [0.1, 0.15) is 0 Å². The highest BCUT2D eigenvalue weighted by Gasteiger charge is 2.23. The number of hydrogen-bond acceptors (Lipinski definition) is 2. The van der Waals surface area contributed by atoms with Gasteiger partial charge in [-0.2, -0.15) is 0 Å². The molecule has 132 valence electrons. The van der Waals surface area contributed by atoms with Gasteiger partial charge in [-0.15, -0.1) is 0 Å². The molecule has 0 amide bonds. The van der Waals surface area contributed by atoms with Crippen molar-refractivity contribution >= 4 is 22.9 Å². The van der Waals surface area contributed by atoms with Crippen molar-refractivity contribution in [1.82, 2.24) is 8.87 Å². The molecule has 0 bridgehead atoms. The highest BCUT2D eigenvalue weighted by atomic mass is 32.2. The number of aryl methyl sites for hydroxylation is 1. The summed E-state index contributed by atoms with van der Waals surface area (Å²) in [6.45, 7) is 8.38. The lowest BCUT2D eigenvalue weighted by Gasteiger charge is -2.24. The van der Waals surface area contributed by atoms with Crippen LogP contribution in [0.5, 0.6) is 0 Å². The molecule has 4 rings (SSSR count). The predicted molar refractivity (Wildman–Crippen MR) is 112 cm³/mol. The summed E-state index contributed by atoms with van der Waals surface area (Å²) in [4.78, 5) is 3.75. The summed E-state index contributed by atoms with van der Waals surface area (Å²) in [5, 5.41) is 1.43. The fraction of sp³-hybridized carbons (Fsp3) is 0.364. The molecule has 0 N–H and O–H groups in total. The minimum absolute atomic E-state index is 1.01. The van der Waals surface area contributed by atoms with E-state index in [-0.39, 0.29) is 0 Å². The first-order valence-electron chi connectivity index (χ1n) is 9.25. The monoisotopic (exact) mass is 352 g/mol. The molecule has 0 spiro atoms. The van der Waals surface area contributed by atoms with E-state index in [1.807, 2.05) is 25.8 Å². The standard InChI is InChI=1S/C20H22N2S.C2H6/c1-15-9-10-19-17(13-15)18-14-21(2)12-11-20(18)22(19)23-16-7-5-3-4-6-8-16;1-2/h3-5,7-10,13H,6,11-12,14H2,1-2H3;1-2H3. The Bertz CT molecular complexity index is 839. The lowest BCUT2D eigenvalue weighted by atomic mass is 10.0. The van der Waals surface area contributed by atoms with Crippen LogP contribution in [0.3, 0.4) is 0 Å². The summed E-state index contributed by atoms with van der Waals surface area (Å²) >= 11 is 1.87. The molecule has 1 aromatic heterocycles. The molecule has 0 saturated heterocycles. The van der Waals surface area contributed by atoms with Crippen molar-refractivity contribution in [3.63, 3.8) is 0 Å². The molecule has 25 heavy (non-hydrogen) atoms. The molecule has 2 heterocycles. The topological polar surface area (TPSA) is 8.17 Å². The number of fused-ring (bicyclic) bond motifs is 3. The minimum Gasteiger partial charge on any atom is -0.302 e. The van der Waals surface area contributed by atoms with Crippen molar-refractivity contribution in [3.05, 3.63) is 70.3 Å². The summed E-state index contributed by atoms with van der Waals surface area (Å²) in [6.07, 6.45) is 13.1. The van der Waals surface area contributed by atoms with Gasteiger partial charge in [0.05, 0.1) is 5.52 Å². The Labute approximate surface area is 156 Å². The summed E-state index contributed by atoms with van der Waals surface area (Å²) < 4.78 is 2.47. The first kappa shape index (κ1) is 18.1. The zero-order chi connectivity index (χ0) is 17.8. The number of allylic oxidation sites excluding steroid dienone is 5. The maximum atomic E-state index is 2.47. The Kier molecular flexibility index (Phi) is 5.87.